The second-order valence-corrected chi connectivity index (χ2v) is 7.65. The Balaban J connectivity index is 1.34. The van der Waals surface area contributed by atoms with E-state index in [9.17, 15) is 9.59 Å². The molecule has 30 heavy (non-hydrogen) atoms. The molecule has 1 aliphatic heterocycles. The second-order valence-electron chi connectivity index (χ2n) is 7.65. The molecule has 0 radical (unpaired) electrons. The van der Waals surface area contributed by atoms with Crippen molar-refractivity contribution in [2.75, 3.05) is 18.4 Å². The van der Waals surface area contributed by atoms with E-state index in [-0.39, 0.29) is 17.7 Å². The van der Waals surface area contributed by atoms with Gasteiger partial charge >= 0.3 is 0 Å². The van der Waals surface area contributed by atoms with Crippen molar-refractivity contribution in [2.24, 2.45) is 5.92 Å². The summed E-state index contributed by atoms with van der Waals surface area (Å²) < 4.78 is 0. The van der Waals surface area contributed by atoms with Gasteiger partial charge in [0.1, 0.15) is 5.82 Å². The summed E-state index contributed by atoms with van der Waals surface area (Å²) in [6, 6.07) is 17.2. The number of likely N-dealkylation sites (tertiary alicyclic amines) is 1. The molecule has 0 spiro atoms. The number of aryl methyl sites for hydroxylation is 1. The fourth-order valence-corrected chi connectivity index (χ4v) is 3.72. The largest absolute Gasteiger partial charge is 0.342 e. The zero-order chi connectivity index (χ0) is 20.9. The molecule has 1 fully saturated rings. The Kier molecular flexibility index (Phi) is 5.88. The molecule has 1 aliphatic rings. The minimum absolute atomic E-state index is 0.0475. The van der Waals surface area contributed by atoms with E-state index in [1.165, 1.54) is 0 Å². The third kappa shape index (κ3) is 4.74. The lowest BCUT2D eigenvalue weighted by Gasteiger charge is -2.32. The normalized spacial score (nSPS) is 16.3. The van der Waals surface area contributed by atoms with Gasteiger partial charge in [0.25, 0.3) is 0 Å². The van der Waals surface area contributed by atoms with Crippen LogP contribution in [0, 0.1) is 12.8 Å². The van der Waals surface area contributed by atoms with Crippen LogP contribution in [-0.4, -0.2) is 45.0 Å². The summed E-state index contributed by atoms with van der Waals surface area (Å²) in [7, 11) is 0. The van der Waals surface area contributed by atoms with E-state index < -0.39 is 0 Å². The SMILES string of the molecule is Cc1nc(-c2ccc(NC(=O)C3CCCN(C(=O)Cc4ccccc4)C3)cc2)n[nH]1. The lowest BCUT2D eigenvalue weighted by atomic mass is 9.96. The molecule has 1 unspecified atom stereocenters. The lowest BCUT2D eigenvalue weighted by Crippen LogP contribution is -2.44. The molecule has 3 aromatic rings. The smallest absolute Gasteiger partial charge is 0.229 e. The first-order valence-corrected chi connectivity index (χ1v) is 10.2. The first-order valence-electron chi connectivity index (χ1n) is 10.2. The number of aromatic amines is 1. The molecule has 0 aliphatic carbocycles. The van der Waals surface area contributed by atoms with Crippen LogP contribution in [-0.2, 0) is 16.0 Å². The maximum absolute atomic E-state index is 12.8. The number of nitrogens with one attached hydrogen (secondary N) is 2. The maximum atomic E-state index is 12.8. The number of hydrogen-bond acceptors (Lipinski definition) is 4. The number of anilines is 1. The van der Waals surface area contributed by atoms with E-state index in [4.69, 9.17) is 0 Å². The van der Waals surface area contributed by atoms with Crippen LogP contribution in [0.2, 0.25) is 0 Å². The summed E-state index contributed by atoms with van der Waals surface area (Å²) in [5.41, 5.74) is 2.60. The maximum Gasteiger partial charge on any atom is 0.229 e. The molecule has 7 heteroatoms. The van der Waals surface area contributed by atoms with Crippen molar-refractivity contribution >= 4 is 17.5 Å². The summed E-state index contributed by atoms with van der Waals surface area (Å²) >= 11 is 0. The summed E-state index contributed by atoms with van der Waals surface area (Å²) in [6.07, 6.45) is 1.99. The van der Waals surface area contributed by atoms with Crippen LogP contribution >= 0.6 is 0 Å². The number of H-pyrrole nitrogens is 1. The Hall–Kier alpha value is -3.48. The first-order chi connectivity index (χ1) is 14.6. The molecule has 1 aromatic heterocycles. The third-order valence-corrected chi connectivity index (χ3v) is 5.35. The third-order valence-electron chi connectivity index (χ3n) is 5.35. The summed E-state index contributed by atoms with van der Waals surface area (Å²) in [6.45, 7) is 3.02. The molecule has 2 aromatic carbocycles. The van der Waals surface area contributed by atoms with Crippen molar-refractivity contribution in [1.29, 1.82) is 0 Å². The monoisotopic (exact) mass is 403 g/mol. The molecule has 1 atom stereocenters. The highest BCUT2D eigenvalue weighted by Crippen LogP contribution is 2.22. The molecule has 2 heterocycles. The van der Waals surface area contributed by atoms with E-state index in [1.54, 1.807) is 0 Å². The van der Waals surface area contributed by atoms with Crippen LogP contribution in [0.25, 0.3) is 11.4 Å². The first kappa shape index (κ1) is 19.8. The number of carbonyl (C=O) groups excluding carboxylic acids is 2. The molecule has 0 saturated carbocycles. The highest BCUT2D eigenvalue weighted by molar-refractivity contribution is 5.93. The van der Waals surface area contributed by atoms with Gasteiger partial charge in [-0.05, 0) is 49.6 Å². The van der Waals surface area contributed by atoms with Gasteiger partial charge in [0.15, 0.2) is 5.82 Å². The van der Waals surface area contributed by atoms with Gasteiger partial charge in [-0.1, -0.05) is 30.3 Å². The van der Waals surface area contributed by atoms with Crippen LogP contribution in [0.3, 0.4) is 0 Å². The van der Waals surface area contributed by atoms with Gasteiger partial charge in [0.2, 0.25) is 11.8 Å². The average molecular weight is 403 g/mol. The Morgan fingerprint density at radius 2 is 1.90 bits per heavy atom. The van der Waals surface area contributed by atoms with E-state index in [2.05, 4.69) is 20.5 Å². The van der Waals surface area contributed by atoms with E-state index in [1.807, 2.05) is 66.4 Å². The molecule has 0 bridgehead atoms. The second kappa shape index (κ2) is 8.90. The topological polar surface area (TPSA) is 91.0 Å². The van der Waals surface area contributed by atoms with Gasteiger partial charge < -0.3 is 10.2 Å². The van der Waals surface area contributed by atoms with Crippen molar-refractivity contribution in [3.63, 3.8) is 0 Å². The Morgan fingerprint density at radius 1 is 1.13 bits per heavy atom. The number of rotatable bonds is 5. The predicted molar refractivity (Wildman–Crippen MR) is 115 cm³/mol. The van der Waals surface area contributed by atoms with Crippen LogP contribution in [0.4, 0.5) is 5.69 Å². The van der Waals surface area contributed by atoms with Gasteiger partial charge in [-0.25, -0.2) is 4.98 Å². The number of piperidine rings is 1. The minimum atomic E-state index is -0.200. The highest BCUT2D eigenvalue weighted by Gasteiger charge is 2.28. The van der Waals surface area contributed by atoms with Gasteiger partial charge in [-0.2, -0.15) is 5.10 Å². The van der Waals surface area contributed by atoms with Gasteiger partial charge in [-0.15, -0.1) is 0 Å². The van der Waals surface area contributed by atoms with Crippen molar-refractivity contribution in [3.05, 3.63) is 66.0 Å². The molecule has 7 nitrogen and oxygen atoms in total. The van der Waals surface area contributed by atoms with Crippen LogP contribution in [0.15, 0.2) is 54.6 Å². The highest BCUT2D eigenvalue weighted by atomic mass is 16.2. The Morgan fingerprint density at radius 3 is 2.60 bits per heavy atom. The van der Waals surface area contributed by atoms with Crippen molar-refractivity contribution < 1.29 is 9.59 Å². The van der Waals surface area contributed by atoms with Crippen LogP contribution in [0.5, 0.6) is 0 Å². The molecule has 154 valence electrons. The standard InChI is InChI=1S/C23H25N5O2/c1-16-24-22(27-26-16)18-9-11-20(12-10-18)25-23(30)19-8-5-13-28(15-19)21(29)14-17-6-3-2-4-7-17/h2-4,6-7,9-12,19H,5,8,13-15H2,1H3,(H,25,30)(H,24,26,27). The fraction of sp³-hybridized carbons (Fsp3) is 0.304. The van der Waals surface area contributed by atoms with Gasteiger partial charge in [0, 0.05) is 24.3 Å². The molecule has 2 amide bonds. The number of nitrogens with zero attached hydrogens (tertiary/aromatic N) is 3. The summed E-state index contributed by atoms with van der Waals surface area (Å²) in [5, 5.41) is 9.95. The number of aromatic nitrogens is 3. The number of hydrogen-bond donors (Lipinski definition) is 2. The van der Waals surface area contributed by atoms with Crippen LogP contribution in [0.1, 0.15) is 24.2 Å². The molecule has 4 rings (SSSR count). The van der Waals surface area contributed by atoms with Crippen molar-refractivity contribution in [2.45, 2.75) is 26.2 Å². The lowest BCUT2D eigenvalue weighted by molar-refractivity contribution is -0.133. The average Bonchev–Trinajstić information content (AvgIpc) is 3.21. The quantitative estimate of drug-likeness (QED) is 0.684. The van der Waals surface area contributed by atoms with E-state index in [0.717, 1.165) is 35.5 Å². The van der Waals surface area contributed by atoms with Crippen molar-refractivity contribution in [1.82, 2.24) is 20.1 Å². The molecule has 2 N–H and O–H groups in total. The zero-order valence-electron chi connectivity index (χ0n) is 17.0. The Labute approximate surface area is 175 Å². The fourth-order valence-electron chi connectivity index (χ4n) is 3.72. The zero-order valence-corrected chi connectivity index (χ0v) is 17.0. The van der Waals surface area contributed by atoms with Gasteiger partial charge in [-0.3, -0.25) is 14.7 Å². The number of carbonyl (C=O) groups is 2. The number of benzene rings is 2. The molecular formula is C23H25N5O2. The number of amides is 2. The predicted octanol–water partition coefficient (Wildman–Crippen LogP) is 3.20. The van der Waals surface area contributed by atoms with Crippen LogP contribution < -0.4 is 5.32 Å². The summed E-state index contributed by atoms with van der Waals surface area (Å²) in [5.74, 6) is 1.21. The Bertz CT molecular complexity index is 1010. The summed E-state index contributed by atoms with van der Waals surface area (Å²) in [4.78, 5) is 31.5. The van der Waals surface area contributed by atoms with E-state index >= 15 is 0 Å². The molecular weight excluding hydrogens is 378 g/mol. The van der Waals surface area contributed by atoms with E-state index in [0.29, 0.717) is 25.3 Å². The van der Waals surface area contributed by atoms with Crippen molar-refractivity contribution in [3.8, 4) is 11.4 Å². The molecule has 1 saturated heterocycles. The van der Waals surface area contributed by atoms with Gasteiger partial charge in [0.05, 0.1) is 12.3 Å². The minimum Gasteiger partial charge on any atom is -0.342 e.